The highest BCUT2D eigenvalue weighted by Gasteiger charge is 2.45. The monoisotopic (exact) mass is 469 g/mol. The maximum absolute atomic E-state index is 12.6. The van der Waals surface area contributed by atoms with E-state index in [0.717, 1.165) is 55.7 Å². The second-order valence-electron chi connectivity index (χ2n) is 13.3. The van der Waals surface area contributed by atoms with E-state index in [4.69, 9.17) is 9.72 Å². The standard InChI is InChI=1S/C29H47N3O2/c1-11-32-28(7,8)18-21(19-29(32,9)10)22-12-13-23(31-25(33)34-26(2,3)4)24(30-22)20-14-16-27(5,6)17-15-20/h12-14,21H,11,15-19H2,1-10H3,(H,31,33). The molecule has 1 aromatic rings. The van der Waals surface area contributed by atoms with Gasteiger partial charge in [0.15, 0.2) is 0 Å². The Morgan fingerprint density at radius 2 is 1.74 bits per heavy atom. The van der Waals surface area contributed by atoms with Crippen LogP contribution in [-0.2, 0) is 4.74 Å². The van der Waals surface area contributed by atoms with Gasteiger partial charge in [0.2, 0.25) is 0 Å². The number of anilines is 1. The first-order valence-electron chi connectivity index (χ1n) is 13.0. The van der Waals surface area contributed by atoms with Crippen molar-refractivity contribution in [2.45, 2.75) is 124 Å². The predicted octanol–water partition coefficient (Wildman–Crippen LogP) is 7.78. The topological polar surface area (TPSA) is 54.5 Å². The van der Waals surface area contributed by atoms with Crippen molar-refractivity contribution < 1.29 is 9.53 Å². The zero-order valence-corrected chi connectivity index (χ0v) is 23.3. The lowest BCUT2D eigenvalue weighted by Crippen LogP contribution is -2.59. The molecule has 1 fully saturated rings. The van der Waals surface area contributed by atoms with E-state index >= 15 is 0 Å². The first kappa shape index (κ1) is 26.7. The van der Waals surface area contributed by atoms with Crippen molar-refractivity contribution >= 4 is 17.4 Å². The molecule has 2 aliphatic rings. The summed E-state index contributed by atoms with van der Waals surface area (Å²) in [5.74, 6) is 0.378. The smallest absolute Gasteiger partial charge is 0.412 e. The van der Waals surface area contributed by atoms with Crippen molar-refractivity contribution in [2.75, 3.05) is 11.9 Å². The summed E-state index contributed by atoms with van der Waals surface area (Å²) in [6.45, 7) is 23.0. The van der Waals surface area contributed by atoms with Crippen LogP contribution in [0.1, 0.15) is 119 Å². The lowest BCUT2D eigenvalue weighted by Gasteiger charge is -2.55. The van der Waals surface area contributed by atoms with Gasteiger partial charge in [-0.15, -0.1) is 0 Å². The fourth-order valence-electron chi connectivity index (χ4n) is 6.14. The Balaban J connectivity index is 1.98. The number of aromatic nitrogens is 1. The third-order valence-corrected chi connectivity index (χ3v) is 7.52. The second-order valence-corrected chi connectivity index (χ2v) is 13.3. The minimum atomic E-state index is -0.545. The highest BCUT2D eigenvalue weighted by atomic mass is 16.6. The molecule has 1 aliphatic heterocycles. The van der Waals surface area contributed by atoms with Gasteiger partial charge in [0, 0.05) is 22.7 Å². The lowest BCUT2D eigenvalue weighted by molar-refractivity contribution is -0.0322. The Hall–Kier alpha value is -1.88. The SMILES string of the molecule is CCN1C(C)(C)CC(c2ccc(NC(=O)OC(C)(C)C)c(C3=CCC(C)(C)CC3)n2)CC1(C)C. The van der Waals surface area contributed by atoms with Crippen molar-refractivity contribution in [3.8, 4) is 0 Å². The van der Waals surface area contributed by atoms with Crippen molar-refractivity contribution in [3.63, 3.8) is 0 Å². The molecule has 3 rings (SSSR count). The highest BCUT2D eigenvalue weighted by Crippen LogP contribution is 2.46. The molecule has 1 saturated heterocycles. The highest BCUT2D eigenvalue weighted by molar-refractivity contribution is 5.89. The minimum absolute atomic E-state index is 0.102. The van der Waals surface area contributed by atoms with Crippen LogP contribution < -0.4 is 5.32 Å². The van der Waals surface area contributed by atoms with E-state index in [1.807, 2.05) is 26.8 Å². The van der Waals surface area contributed by atoms with Gasteiger partial charge in [-0.1, -0.05) is 26.8 Å². The van der Waals surface area contributed by atoms with Crippen LogP contribution in [0.4, 0.5) is 10.5 Å². The van der Waals surface area contributed by atoms with E-state index in [-0.39, 0.29) is 11.1 Å². The molecule has 5 heteroatoms. The zero-order valence-electron chi connectivity index (χ0n) is 23.3. The number of piperidine rings is 1. The van der Waals surface area contributed by atoms with Crippen molar-refractivity contribution in [1.29, 1.82) is 0 Å². The van der Waals surface area contributed by atoms with Gasteiger partial charge in [-0.05, 0) is 110 Å². The van der Waals surface area contributed by atoms with Gasteiger partial charge < -0.3 is 4.74 Å². The van der Waals surface area contributed by atoms with Gasteiger partial charge >= 0.3 is 6.09 Å². The molecular formula is C29H47N3O2. The van der Waals surface area contributed by atoms with Crippen molar-refractivity contribution in [2.24, 2.45) is 5.41 Å². The molecule has 34 heavy (non-hydrogen) atoms. The number of hydrogen-bond donors (Lipinski definition) is 1. The molecule has 2 heterocycles. The molecule has 0 radical (unpaired) electrons. The molecule has 0 aromatic carbocycles. The van der Waals surface area contributed by atoms with Crippen LogP contribution in [0.2, 0.25) is 0 Å². The van der Waals surface area contributed by atoms with E-state index in [2.05, 4.69) is 70.8 Å². The zero-order chi connectivity index (χ0) is 25.5. The number of carbonyl (C=O) groups is 1. The van der Waals surface area contributed by atoms with Crippen LogP contribution in [0.3, 0.4) is 0 Å². The number of likely N-dealkylation sites (tertiary alicyclic amines) is 1. The third kappa shape index (κ3) is 6.21. The average Bonchev–Trinajstić information content (AvgIpc) is 2.65. The fraction of sp³-hybridized carbons (Fsp3) is 0.724. The van der Waals surface area contributed by atoms with E-state index in [1.165, 1.54) is 5.57 Å². The molecule has 0 saturated carbocycles. The molecule has 0 spiro atoms. The van der Waals surface area contributed by atoms with E-state index in [9.17, 15) is 4.79 Å². The lowest BCUT2D eigenvalue weighted by atomic mass is 9.72. The second kappa shape index (κ2) is 9.29. The van der Waals surface area contributed by atoms with E-state index in [0.29, 0.717) is 11.3 Å². The third-order valence-electron chi connectivity index (χ3n) is 7.52. The summed E-state index contributed by atoms with van der Waals surface area (Å²) in [5, 5.41) is 2.99. The maximum atomic E-state index is 12.6. The summed E-state index contributed by atoms with van der Waals surface area (Å²) >= 11 is 0. The largest absolute Gasteiger partial charge is 0.444 e. The summed E-state index contributed by atoms with van der Waals surface area (Å²) in [7, 11) is 0. The van der Waals surface area contributed by atoms with Gasteiger partial charge in [0.1, 0.15) is 5.60 Å². The summed E-state index contributed by atoms with van der Waals surface area (Å²) in [6.07, 6.45) is 7.14. The number of amides is 1. The maximum Gasteiger partial charge on any atom is 0.412 e. The quantitative estimate of drug-likeness (QED) is 0.489. The van der Waals surface area contributed by atoms with Crippen LogP contribution in [0.15, 0.2) is 18.2 Å². The van der Waals surface area contributed by atoms with E-state index < -0.39 is 11.7 Å². The number of rotatable bonds is 4. The van der Waals surface area contributed by atoms with Gasteiger partial charge in [-0.2, -0.15) is 0 Å². The minimum Gasteiger partial charge on any atom is -0.444 e. The van der Waals surface area contributed by atoms with Gasteiger partial charge in [-0.25, -0.2) is 4.79 Å². The number of ether oxygens (including phenoxy) is 1. The van der Waals surface area contributed by atoms with Crippen LogP contribution in [-0.4, -0.2) is 39.2 Å². The molecule has 0 unspecified atom stereocenters. The summed E-state index contributed by atoms with van der Waals surface area (Å²) in [5.41, 5.74) is 3.98. The Bertz CT molecular complexity index is 919. The molecule has 0 atom stereocenters. The molecule has 190 valence electrons. The molecule has 5 nitrogen and oxygen atoms in total. The van der Waals surface area contributed by atoms with Crippen molar-refractivity contribution in [3.05, 3.63) is 29.6 Å². The van der Waals surface area contributed by atoms with Gasteiger partial charge in [0.05, 0.1) is 11.4 Å². The Morgan fingerprint density at radius 1 is 1.12 bits per heavy atom. The van der Waals surface area contributed by atoms with Crippen molar-refractivity contribution in [1.82, 2.24) is 9.88 Å². The van der Waals surface area contributed by atoms with Crippen LogP contribution >= 0.6 is 0 Å². The summed E-state index contributed by atoms with van der Waals surface area (Å²) in [4.78, 5) is 20.5. The van der Waals surface area contributed by atoms with Gasteiger partial charge in [0.25, 0.3) is 0 Å². The number of hydrogen-bond acceptors (Lipinski definition) is 4. The molecule has 1 aromatic heterocycles. The molecular weight excluding hydrogens is 422 g/mol. The normalized spacial score (nSPS) is 22.7. The summed E-state index contributed by atoms with van der Waals surface area (Å²) < 4.78 is 5.54. The summed E-state index contributed by atoms with van der Waals surface area (Å²) in [6, 6.07) is 4.15. The number of allylic oxidation sites excluding steroid dienone is 2. The van der Waals surface area contributed by atoms with Crippen LogP contribution in [0.25, 0.3) is 5.57 Å². The number of nitrogens with one attached hydrogen (secondary N) is 1. The number of nitrogens with zero attached hydrogens (tertiary/aromatic N) is 2. The predicted molar refractivity (Wildman–Crippen MR) is 142 cm³/mol. The van der Waals surface area contributed by atoms with Gasteiger partial charge in [-0.3, -0.25) is 15.2 Å². The number of pyridine rings is 1. The van der Waals surface area contributed by atoms with E-state index in [1.54, 1.807) is 0 Å². The molecule has 1 aliphatic carbocycles. The van der Waals surface area contributed by atoms with Crippen LogP contribution in [0, 0.1) is 5.41 Å². The Morgan fingerprint density at radius 3 is 2.24 bits per heavy atom. The van der Waals surface area contributed by atoms with Crippen LogP contribution in [0.5, 0.6) is 0 Å². The fourth-order valence-corrected chi connectivity index (χ4v) is 6.14. The first-order chi connectivity index (χ1) is 15.5. The average molecular weight is 470 g/mol. The molecule has 1 N–H and O–H groups in total. The molecule has 0 bridgehead atoms. The first-order valence-corrected chi connectivity index (χ1v) is 13.0. The Kier molecular flexibility index (Phi) is 7.30. The number of carbonyl (C=O) groups excluding carboxylic acids is 1. The molecule has 1 amide bonds. The Labute approximate surface area is 207 Å².